The lowest BCUT2D eigenvalue weighted by Gasteiger charge is -2.51. The Morgan fingerprint density at radius 1 is 1.03 bits per heavy atom. The van der Waals surface area contributed by atoms with Crippen LogP contribution in [-0.4, -0.2) is 31.1 Å². The van der Waals surface area contributed by atoms with E-state index in [4.69, 9.17) is 4.74 Å². The van der Waals surface area contributed by atoms with E-state index in [2.05, 4.69) is 47.4 Å². The Kier molecular flexibility index (Phi) is 5.47. The second-order valence-electron chi connectivity index (χ2n) is 10.7. The number of allylic oxidation sites excluding steroid dienone is 3. The number of fused-ring (bicyclic) bond motifs is 1. The molecular weight excluding hydrogens is 422 g/mol. The molecule has 1 N–H and O–H groups in total. The molecule has 1 spiro atoms. The van der Waals surface area contributed by atoms with Crippen LogP contribution in [0.3, 0.4) is 0 Å². The van der Waals surface area contributed by atoms with Crippen LogP contribution in [0.5, 0.6) is 11.5 Å². The fraction of sp³-hybridized carbons (Fsp3) is 0.433. The first-order valence-electron chi connectivity index (χ1n) is 12.8. The molecule has 2 aliphatic heterocycles. The highest BCUT2D eigenvalue weighted by Gasteiger charge is 2.45. The van der Waals surface area contributed by atoms with Gasteiger partial charge in [0.2, 0.25) is 0 Å². The first kappa shape index (κ1) is 21.5. The SMILES string of the molecule is O=CC1CC2(CCN(c3ccc(C4c5ccc(O)cc5OCC4C4=CCCC=C4)cc3)CC2)C1. The Hall–Kier alpha value is -3.01. The van der Waals surface area contributed by atoms with E-state index in [1.165, 1.54) is 29.7 Å². The van der Waals surface area contributed by atoms with E-state index >= 15 is 0 Å². The number of benzene rings is 2. The second-order valence-corrected chi connectivity index (χ2v) is 10.7. The van der Waals surface area contributed by atoms with Gasteiger partial charge in [0.1, 0.15) is 17.8 Å². The molecule has 0 bridgehead atoms. The topological polar surface area (TPSA) is 49.8 Å². The molecular formula is C30H33NO3. The molecule has 1 saturated carbocycles. The minimum absolute atomic E-state index is 0.201. The lowest BCUT2D eigenvalue weighted by atomic mass is 9.58. The summed E-state index contributed by atoms with van der Waals surface area (Å²) in [4.78, 5) is 13.5. The van der Waals surface area contributed by atoms with Crippen LogP contribution in [0.15, 0.2) is 66.3 Å². The van der Waals surface area contributed by atoms with Crippen molar-refractivity contribution in [2.75, 3.05) is 24.6 Å². The van der Waals surface area contributed by atoms with E-state index < -0.39 is 0 Å². The average molecular weight is 456 g/mol. The molecule has 1 saturated heterocycles. The standard InChI is InChI=1S/C30H33NO3/c32-19-21-17-30(18-21)12-14-31(15-13-30)24-8-6-23(7-9-24)29-26-11-10-25(33)16-28(26)34-20-27(29)22-4-2-1-3-5-22/h2,4-11,16,19,21,27,29,33H,1,3,12-15,17-18,20H2. The highest BCUT2D eigenvalue weighted by Crippen LogP contribution is 2.52. The number of aldehydes is 1. The van der Waals surface area contributed by atoms with Crippen molar-refractivity contribution in [1.29, 1.82) is 0 Å². The molecule has 4 heteroatoms. The molecule has 4 nitrogen and oxygen atoms in total. The van der Waals surface area contributed by atoms with E-state index in [1.54, 1.807) is 12.1 Å². The first-order valence-corrected chi connectivity index (χ1v) is 12.8. The van der Waals surface area contributed by atoms with Crippen LogP contribution in [0.4, 0.5) is 5.69 Å². The maximum absolute atomic E-state index is 11.0. The van der Waals surface area contributed by atoms with Crippen LogP contribution in [0, 0.1) is 17.3 Å². The van der Waals surface area contributed by atoms with Gasteiger partial charge in [-0.2, -0.15) is 0 Å². The number of phenols is 1. The first-order chi connectivity index (χ1) is 16.6. The molecule has 0 aromatic heterocycles. The predicted octanol–water partition coefficient (Wildman–Crippen LogP) is 6.00. The smallest absolute Gasteiger partial charge is 0.126 e. The molecule has 6 rings (SSSR count). The van der Waals surface area contributed by atoms with Gasteiger partial charge in [0.15, 0.2) is 0 Å². The third kappa shape index (κ3) is 3.83. The van der Waals surface area contributed by atoms with Gasteiger partial charge in [-0.3, -0.25) is 0 Å². The number of aromatic hydroxyl groups is 1. The lowest BCUT2D eigenvalue weighted by molar-refractivity contribution is -0.118. The van der Waals surface area contributed by atoms with E-state index in [1.807, 2.05) is 6.07 Å². The highest BCUT2D eigenvalue weighted by atomic mass is 16.5. The van der Waals surface area contributed by atoms with Crippen LogP contribution in [0.2, 0.25) is 0 Å². The number of ether oxygens (including phenoxy) is 1. The molecule has 34 heavy (non-hydrogen) atoms. The maximum Gasteiger partial charge on any atom is 0.126 e. The van der Waals surface area contributed by atoms with Crippen LogP contribution >= 0.6 is 0 Å². The van der Waals surface area contributed by atoms with Crippen molar-refractivity contribution in [3.05, 3.63) is 77.4 Å². The highest BCUT2D eigenvalue weighted by molar-refractivity contribution is 5.56. The molecule has 4 aliphatic rings. The van der Waals surface area contributed by atoms with Gasteiger partial charge < -0.3 is 19.5 Å². The van der Waals surface area contributed by atoms with Crippen molar-refractivity contribution < 1.29 is 14.6 Å². The van der Waals surface area contributed by atoms with E-state index in [0.717, 1.165) is 56.4 Å². The van der Waals surface area contributed by atoms with Gasteiger partial charge in [0.25, 0.3) is 0 Å². The van der Waals surface area contributed by atoms with Crippen molar-refractivity contribution >= 4 is 12.0 Å². The Bertz CT molecular complexity index is 1120. The van der Waals surface area contributed by atoms with Gasteiger partial charge in [-0.1, -0.05) is 36.4 Å². The normalized spacial score (nSPS) is 25.8. The number of hydrogen-bond donors (Lipinski definition) is 1. The van der Waals surface area contributed by atoms with Gasteiger partial charge in [-0.25, -0.2) is 0 Å². The summed E-state index contributed by atoms with van der Waals surface area (Å²) < 4.78 is 6.13. The molecule has 176 valence electrons. The number of phenolic OH excluding ortho intramolecular Hbond substituents is 1. The average Bonchev–Trinajstić information content (AvgIpc) is 2.87. The minimum Gasteiger partial charge on any atom is -0.508 e. The predicted molar refractivity (Wildman–Crippen MR) is 135 cm³/mol. The van der Waals surface area contributed by atoms with Crippen molar-refractivity contribution in [2.24, 2.45) is 17.3 Å². The molecule has 2 aromatic rings. The zero-order valence-corrected chi connectivity index (χ0v) is 19.7. The number of carbonyl (C=O) groups excluding carboxylic acids is 1. The second kappa shape index (κ2) is 8.65. The summed E-state index contributed by atoms with van der Waals surface area (Å²) in [5.41, 5.74) is 5.51. The summed E-state index contributed by atoms with van der Waals surface area (Å²) in [6.45, 7) is 2.77. The van der Waals surface area contributed by atoms with Crippen LogP contribution in [0.1, 0.15) is 55.6 Å². The Balaban J connectivity index is 1.24. The third-order valence-electron chi connectivity index (χ3n) is 8.63. The van der Waals surface area contributed by atoms with Crippen molar-refractivity contribution in [2.45, 2.75) is 44.4 Å². The largest absolute Gasteiger partial charge is 0.508 e. The summed E-state index contributed by atoms with van der Waals surface area (Å²) in [6.07, 6.45) is 14.8. The summed E-state index contributed by atoms with van der Waals surface area (Å²) in [7, 11) is 0. The lowest BCUT2D eigenvalue weighted by Crippen LogP contribution is -2.47. The van der Waals surface area contributed by atoms with Crippen molar-refractivity contribution in [3.63, 3.8) is 0 Å². The summed E-state index contributed by atoms with van der Waals surface area (Å²) in [5.74, 6) is 1.81. The zero-order valence-electron chi connectivity index (χ0n) is 19.7. The molecule has 2 unspecified atom stereocenters. The van der Waals surface area contributed by atoms with Crippen LogP contribution in [0.25, 0.3) is 0 Å². The fourth-order valence-corrected chi connectivity index (χ4v) is 6.70. The van der Waals surface area contributed by atoms with Gasteiger partial charge in [0.05, 0.1) is 6.61 Å². The maximum atomic E-state index is 11.0. The quantitative estimate of drug-likeness (QED) is 0.574. The van der Waals surface area contributed by atoms with Crippen LogP contribution < -0.4 is 9.64 Å². The Morgan fingerprint density at radius 2 is 1.82 bits per heavy atom. The van der Waals surface area contributed by atoms with E-state index in [0.29, 0.717) is 17.9 Å². The molecule has 2 aromatic carbocycles. The molecule has 0 amide bonds. The van der Waals surface area contributed by atoms with E-state index in [-0.39, 0.29) is 17.6 Å². The molecule has 2 atom stereocenters. The Labute approximate surface area is 201 Å². The number of carbonyl (C=O) groups is 1. The fourth-order valence-electron chi connectivity index (χ4n) is 6.70. The monoisotopic (exact) mass is 455 g/mol. The molecule has 2 heterocycles. The molecule has 2 aliphatic carbocycles. The molecule has 2 fully saturated rings. The number of anilines is 1. The van der Waals surface area contributed by atoms with Gasteiger partial charge in [0, 0.05) is 48.2 Å². The molecule has 0 radical (unpaired) electrons. The van der Waals surface area contributed by atoms with Crippen molar-refractivity contribution in [1.82, 2.24) is 0 Å². The summed E-state index contributed by atoms with van der Waals surface area (Å²) >= 11 is 0. The number of piperidine rings is 1. The number of rotatable bonds is 4. The zero-order chi connectivity index (χ0) is 23.1. The van der Waals surface area contributed by atoms with Gasteiger partial charge >= 0.3 is 0 Å². The van der Waals surface area contributed by atoms with Crippen LogP contribution in [-0.2, 0) is 4.79 Å². The minimum atomic E-state index is 0.201. The number of nitrogens with zero attached hydrogens (tertiary/aromatic N) is 1. The number of hydrogen-bond acceptors (Lipinski definition) is 4. The Morgan fingerprint density at radius 3 is 2.53 bits per heavy atom. The van der Waals surface area contributed by atoms with Crippen molar-refractivity contribution in [3.8, 4) is 11.5 Å². The van der Waals surface area contributed by atoms with Gasteiger partial charge in [-0.15, -0.1) is 0 Å². The van der Waals surface area contributed by atoms with Gasteiger partial charge in [-0.05, 0) is 73.3 Å². The van der Waals surface area contributed by atoms with E-state index in [9.17, 15) is 9.90 Å². The summed E-state index contributed by atoms with van der Waals surface area (Å²) in [6, 6.07) is 14.7. The summed E-state index contributed by atoms with van der Waals surface area (Å²) in [5, 5.41) is 10.0. The third-order valence-corrected chi connectivity index (χ3v) is 8.63.